The van der Waals surface area contributed by atoms with Crippen LogP contribution in [-0.4, -0.2) is 45.9 Å². The maximum absolute atomic E-state index is 12.2. The van der Waals surface area contributed by atoms with Crippen molar-refractivity contribution in [2.45, 2.75) is 13.3 Å². The molecule has 2 rings (SSSR count). The van der Waals surface area contributed by atoms with Gasteiger partial charge in [-0.25, -0.2) is 4.79 Å². The van der Waals surface area contributed by atoms with E-state index in [0.717, 1.165) is 11.3 Å². The lowest BCUT2D eigenvalue weighted by molar-refractivity contribution is -0.124. The van der Waals surface area contributed by atoms with Crippen molar-refractivity contribution < 1.29 is 28.5 Å². The smallest absolute Gasteiger partial charge is 0.338 e. The van der Waals surface area contributed by atoms with Crippen LogP contribution < -0.4 is 19.5 Å². The average Bonchev–Trinajstić information content (AvgIpc) is 2.73. The van der Waals surface area contributed by atoms with E-state index in [1.54, 1.807) is 7.11 Å². The first-order chi connectivity index (χ1) is 14.0. The first-order valence-electron chi connectivity index (χ1n) is 9.06. The zero-order chi connectivity index (χ0) is 21.2. The van der Waals surface area contributed by atoms with E-state index in [2.05, 4.69) is 5.32 Å². The molecule has 1 amide bonds. The van der Waals surface area contributed by atoms with Gasteiger partial charge in [-0.3, -0.25) is 4.79 Å². The van der Waals surface area contributed by atoms with Gasteiger partial charge in [-0.05, 0) is 37.1 Å². The highest BCUT2D eigenvalue weighted by molar-refractivity contribution is 6.32. The Bertz CT molecular complexity index is 855. The zero-order valence-electron chi connectivity index (χ0n) is 16.6. The monoisotopic (exact) mass is 421 g/mol. The fourth-order valence-corrected chi connectivity index (χ4v) is 2.90. The lowest BCUT2D eigenvalue weighted by atomic mass is 10.1. The third-order valence-electron chi connectivity index (χ3n) is 4.00. The van der Waals surface area contributed by atoms with Crippen LogP contribution in [0.25, 0.3) is 0 Å². The Hall–Kier alpha value is -2.93. The lowest BCUT2D eigenvalue weighted by Gasteiger charge is -2.13. The maximum Gasteiger partial charge on any atom is 0.338 e. The number of hydrogen-bond acceptors (Lipinski definition) is 6. The summed E-state index contributed by atoms with van der Waals surface area (Å²) in [7, 11) is 3.04. The standard InChI is InChI=1S/C21H24ClNO6/c1-4-28-20-16(22)11-15(12-18(20)27-3)21(25)29-13-19(24)23-10-9-14-7-5-6-8-17(14)26-2/h5-8,11-12H,4,9-10,13H2,1-3H3,(H,23,24). The average molecular weight is 422 g/mol. The van der Waals surface area contributed by atoms with Gasteiger partial charge in [0.25, 0.3) is 5.91 Å². The van der Waals surface area contributed by atoms with Gasteiger partial charge in [-0.2, -0.15) is 0 Å². The number of esters is 1. The molecule has 2 aromatic carbocycles. The van der Waals surface area contributed by atoms with Crippen molar-refractivity contribution >= 4 is 23.5 Å². The summed E-state index contributed by atoms with van der Waals surface area (Å²) < 4.78 is 20.9. The number of methoxy groups -OCH3 is 2. The Balaban J connectivity index is 1.87. The normalized spacial score (nSPS) is 10.2. The molecule has 0 saturated carbocycles. The predicted molar refractivity (Wildman–Crippen MR) is 109 cm³/mol. The Kier molecular flexibility index (Phi) is 8.61. The summed E-state index contributed by atoms with van der Waals surface area (Å²) in [6.45, 7) is 2.19. The first kappa shape index (κ1) is 22.4. The summed E-state index contributed by atoms with van der Waals surface area (Å²) in [4.78, 5) is 24.2. The number of nitrogens with one attached hydrogen (secondary N) is 1. The largest absolute Gasteiger partial charge is 0.496 e. The molecule has 0 radical (unpaired) electrons. The zero-order valence-corrected chi connectivity index (χ0v) is 17.4. The Morgan fingerprint density at radius 2 is 1.79 bits per heavy atom. The highest BCUT2D eigenvalue weighted by Crippen LogP contribution is 2.36. The molecule has 0 aliphatic carbocycles. The van der Waals surface area contributed by atoms with Crippen molar-refractivity contribution in [1.29, 1.82) is 0 Å². The third-order valence-corrected chi connectivity index (χ3v) is 4.28. The van der Waals surface area contributed by atoms with E-state index in [1.807, 2.05) is 31.2 Å². The van der Waals surface area contributed by atoms with Gasteiger partial charge in [0.2, 0.25) is 0 Å². The highest BCUT2D eigenvalue weighted by Gasteiger charge is 2.17. The summed E-state index contributed by atoms with van der Waals surface area (Å²) in [6.07, 6.45) is 0.593. The van der Waals surface area contributed by atoms with Gasteiger partial charge in [0.15, 0.2) is 18.1 Å². The van der Waals surface area contributed by atoms with Crippen LogP contribution in [0, 0.1) is 0 Å². The Labute approximate surface area is 174 Å². The summed E-state index contributed by atoms with van der Waals surface area (Å²) in [5.74, 6) is 0.328. The number of amides is 1. The molecule has 0 aliphatic rings. The fourth-order valence-electron chi connectivity index (χ4n) is 2.63. The molecule has 0 unspecified atom stereocenters. The van der Waals surface area contributed by atoms with Crippen LogP contribution in [-0.2, 0) is 16.0 Å². The fraction of sp³-hybridized carbons (Fsp3) is 0.333. The van der Waals surface area contributed by atoms with Crippen molar-refractivity contribution in [2.75, 3.05) is 34.0 Å². The minimum atomic E-state index is -0.687. The van der Waals surface area contributed by atoms with Gasteiger partial charge in [-0.15, -0.1) is 0 Å². The number of halogens is 1. The molecule has 0 heterocycles. The van der Waals surface area contributed by atoms with Crippen LogP contribution in [0.1, 0.15) is 22.8 Å². The number of benzene rings is 2. The Morgan fingerprint density at radius 3 is 2.48 bits per heavy atom. The van der Waals surface area contributed by atoms with Crippen LogP contribution in [0.2, 0.25) is 5.02 Å². The molecule has 156 valence electrons. The number of rotatable bonds is 10. The molecule has 0 bridgehead atoms. The molecule has 0 aromatic heterocycles. The summed E-state index contributed by atoms with van der Waals surface area (Å²) in [5, 5.41) is 2.93. The van der Waals surface area contributed by atoms with E-state index in [-0.39, 0.29) is 10.6 Å². The number of para-hydroxylation sites is 1. The minimum absolute atomic E-state index is 0.164. The molecule has 7 nitrogen and oxygen atoms in total. The van der Waals surface area contributed by atoms with Crippen molar-refractivity contribution in [3.8, 4) is 17.2 Å². The van der Waals surface area contributed by atoms with Crippen LogP contribution in [0.15, 0.2) is 36.4 Å². The first-order valence-corrected chi connectivity index (χ1v) is 9.44. The number of carbonyl (C=O) groups is 2. The molecule has 29 heavy (non-hydrogen) atoms. The third kappa shape index (κ3) is 6.29. The molecule has 0 spiro atoms. The molecule has 8 heteroatoms. The summed E-state index contributed by atoms with van der Waals surface area (Å²) >= 11 is 6.15. The second-order valence-electron chi connectivity index (χ2n) is 5.91. The van der Waals surface area contributed by atoms with E-state index in [9.17, 15) is 9.59 Å². The topological polar surface area (TPSA) is 83.1 Å². The molecule has 0 aliphatic heterocycles. The highest BCUT2D eigenvalue weighted by atomic mass is 35.5. The number of ether oxygens (including phenoxy) is 4. The van der Waals surface area contributed by atoms with Gasteiger partial charge in [0.1, 0.15) is 5.75 Å². The van der Waals surface area contributed by atoms with Crippen LogP contribution >= 0.6 is 11.6 Å². The predicted octanol–water partition coefficient (Wildman–Crippen LogP) is 3.27. The van der Waals surface area contributed by atoms with Crippen LogP contribution in [0.5, 0.6) is 17.2 Å². The summed E-state index contributed by atoms with van der Waals surface area (Å²) in [6, 6.07) is 10.4. The molecule has 0 atom stereocenters. The quantitative estimate of drug-likeness (QED) is 0.593. The van der Waals surface area contributed by atoms with Crippen molar-refractivity contribution in [3.63, 3.8) is 0 Å². The van der Waals surface area contributed by atoms with Crippen LogP contribution in [0.3, 0.4) is 0 Å². The maximum atomic E-state index is 12.2. The van der Waals surface area contributed by atoms with E-state index >= 15 is 0 Å². The van der Waals surface area contributed by atoms with Gasteiger partial charge >= 0.3 is 5.97 Å². The van der Waals surface area contributed by atoms with Gasteiger partial charge in [-0.1, -0.05) is 29.8 Å². The van der Waals surface area contributed by atoms with Crippen LogP contribution in [0.4, 0.5) is 0 Å². The second kappa shape index (κ2) is 11.2. The van der Waals surface area contributed by atoms with E-state index in [0.29, 0.717) is 31.1 Å². The number of carbonyl (C=O) groups excluding carboxylic acids is 2. The molecule has 1 N–H and O–H groups in total. The van der Waals surface area contributed by atoms with Gasteiger partial charge in [0.05, 0.1) is 31.4 Å². The Morgan fingerprint density at radius 1 is 1.07 bits per heavy atom. The van der Waals surface area contributed by atoms with E-state index in [1.165, 1.54) is 19.2 Å². The molecule has 2 aromatic rings. The molecular weight excluding hydrogens is 398 g/mol. The molecule has 0 saturated heterocycles. The number of hydrogen-bond donors (Lipinski definition) is 1. The van der Waals surface area contributed by atoms with E-state index in [4.69, 9.17) is 30.5 Å². The van der Waals surface area contributed by atoms with Gasteiger partial charge < -0.3 is 24.3 Å². The lowest BCUT2D eigenvalue weighted by Crippen LogP contribution is -2.30. The van der Waals surface area contributed by atoms with Gasteiger partial charge in [0, 0.05) is 6.54 Å². The molecule has 0 fully saturated rings. The van der Waals surface area contributed by atoms with Crippen molar-refractivity contribution in [3.05, 3.63) is 52.5 Å². The van der Waals surface area contributed by atoms with Crippen molar-refractivity contribution in [2.24, 2.45) is 0 Å². The minimum Gasteiger partial charge on any atom is -0.496 e. The van der Waals surface area contributed by atoms with E-state index < -0.39 is 18.5 Å². The summed E-state index contributed by atoms with van der Waals surface area (Å²) in [5.41, 5.74) is 1.14. The molecular formula is C21H24ClNO6. The SMILES string of the molecule is CCOc1c(Cl)cc(C(=O)OCC(=O)NCCc2ccccc2OC)cc1OC. The second-order valence-corrected chi connectivity index (χ2v) is 6.32. The van der Waals surface area contributed by atoms with Crippen molar-refractivity contribution in [1.82, 2.24) is 5.32 Å².